The zero-order valence-electron chi connectivity index (χ0n) is 19.0. The van der Waals surface area contributed by atoms with Gasteiger partial charge in [-0.25, -0.2) is 0 Å². The van der Waals surface area contributed by atoms with Crippen molar-refractivity contribution in [2.75, 3.05) is 44.7 Å². The molecule has 1 unspecified atom stereocenters. The fourth-order valence-electron chi connectivity index (χ4n) is 4.59. The van der Waals surface area contributed by atoms with E-state index in [0.717, 1.165) is 61.7 Å². The molecule has 1 saturated heterocycles. The van der Waals surface area contributed by atoms with Gasteiger partial charge in [-0.05, 0) is 37.6 Å². The van der Waals surface area contributed by atoms with Gasteiger partial charge in [-0.2, -0.15) is 0 Å². The topological polar surface area (TPSA) is 32.8 Å². The number of ether oxygens (including phenoxy) is 1. The average molecular weight is 429 g/mol. The van der Waals surface area contributed by atoms with Gasteiger partial charge in [-0.15, -0.1) is 0 Å². The molecule has 3 aromatic carbocycles. The van der Waals surface area contributed by atoms with E-state index in [1.807, 2.05) is 60.7 Å². The monoisotopic (exact) mass is 428 g/mol. The zero-order valence-corrected chi connectivity index (χ0v) is 19.0. The lowest BCUT2D eigenvalue weighted by Gasteiger charge is -2.38. The van der Waals surface area contributed by atoms with Crippen LogP contribution in [0.1, 0.15) is 29.3 Å². The zero-order chi connectivity index (χ0) is 22.4. The van der Waals surface area contributed by atoms with Gasteiger partial charge in [0.1, 0.15) is 5.75 Å². The van der Waals surface area contributed by atoms with E-state index in [2.05, 4.69) is 41.0 Å². The lowest BCUT2D eigenvalue weighted by molar-refractivity contribution is 0.0873. The number of methoxy groups -OCH3 is 1. The molecule has 0 aromatic heterocycles. The molecule has 0 radical (unpaired) electrons. The Hall–Kier alpha value is -3.11. The fourth-order valence-corrected chi connectivity index (χ4v) is 4.59. The number of ketones is 1. The Balaban J connectivity index is 1.45. The quantitative estimate of drug-likeness (QED) is 0.470. The summed E-state index contributed by atoms with van der Waals surface area (Å²) in [5.41, 5.74) is 2.46. The van der Waals surface area contributed by atoms with Crippen molar-refractivity contribution in [2.45, 2.75) is 18.8 Å². The first-order valence-electron chi connectivity index (χ1n) is 11.4. The van der Waals surface area contributed by atoms with Crippen LogP contribution in [-0.4, -0.2) is 50.5 Å². The third kappa shape index (κ3) is 4.71. The average Bonchev–Trinajstić information content (AvgIpc) is 2.88. The standard InChI is InChI=1S/C28H32N2O2/c1-28(24-13-7-4-8-14-24,27(31)23-11-5-3-6-12-23)17-18-29-19-21-30(22-20-29)25-15-9-10-16-26(25)32-2/h3-16H,17-22H2,1-2H3. The minimum Gasteiger partial charge on any atom is -0.495 e. The normalized spacial score (nSPS) is 16.4. The second-order valence-corrected chi connectivity index (χ2v) is 8.64. The highest BCUT2D eigenvalue weighted by molar-refractivity contribution is 6.03. The highest BCUT2D eigenvalue weighted by atomic mass is 16.5. The van der Waals surface area contributed by atoms with E-state index in [1.54, 1.807) is 7.11 Å². The van der Waals surface area contributed by atoms with E-state index in [9.17, 15) is 4.79 Å². The van der Waals surface area contributed by atoms with Crippen molar-refractivity contribution in [2.24, 2.45) is 0 Å². The van der Waals surface area contributed by atoms with E-state index in [1.165, 1.54) is 0 Å². The number of carbonyl (C=O) groups is 1. The summed E-state index contributed by atoms with van der Waals surface area (Å²) in [5, 5.41) is 0. The Labute approximate surface area is 191 Å². The van der Waals surface area contributed by atoms with Crippen LogP contribution in [0, 0.1) is 0 Å². The minimum absolute atomic E-state index is 0.192. The Bertz CT molecular complexity index is 1010. The Morgan fingerprint density at radius 2 is 1.44 bits per heavy atom. The van der Waals surface area contributed by atoms with Crippen LogP contribution in [0.4, 0.5) is 5.69 Å². The number of carbonyl (C=O) groups excluding carboxylic acids is 1. The molecule has 0 amide bonds. The van der Waals surface area contributed by atoms with Crippen LogP contribution in [0.5, 0.6) is 5.75 Å². The van der Waals surface area contributed by atoms with Crippen molar-refractivity contribution in [1.29, 1.82) is 0 Å². The highest BCUT2D eigenvalue weighted by Crippen LogP contribution is 2.33. The van der Waals surface area contributed by atoms with Crippen molar-refractivity contribution >= 4 is 11.5 Å². The van der Waals surface area contributed by atoms with Crippen molar-refractivity contribution in [3.05, 3.63) is 96.1 Å². The van der Waals surface area contributed by atoms with Crippen LogP contribution in [0.3, 0.4) is 0 Å². The third-order valence-corrected chi connectivity index (χ3v) is 6.67. The first-order valence-corrected chi connectivity index (χ1v) is 11.4. The highest BCUT2D eigenvalue weighted by Gasteiger charge is 2.36. The molecule has 4 heteroatoms. The van der Waals surface area contributed by atoms with Gasteiger partial charge in [0.05, 0.1) is 18.2 Å². The molecular formula is C28H32N2O2. The summed E-state index contributed by atoms with van der Waals surface area (Å²) in [4.78, 5) is 18.5. The summed E-state index contributed by atoms with van der Waals surface area (Å²) in [6.45, 7) is 6.85. The summed E-state index contributed by atoms with van der Waals surface area (Å²) >= 11 is 0. The Kier molecular flexibility index (Phi) is 6.91. The molecule has 1 fully saturated rings. The second kappa shape index (κ2) is 10.0. The van der Waals surface area contributed by atoms with Crippen molar-refractivity contribution in [3.63, 3.8) is 0 Å². The molecule has 166 valence electrons. The maximum Gasteiger partial charge on any atom is 0.173 e. The maximum absolute atomic E-state index is 13.6. The molecule has 32 heavy (non-hydrogen) atoms. The summed E-state index contributed by atoms with van der Waals surface area (Å²) < 4.78 is 5.54. The first kappa shape index (κ1) is 22.1. The molecule has 1 atom stereocenters. The Morgan fingerprint density at radius 3 is 2.09 bits per heavy atom. The van der Waals surface area contributed by atoms with Crippen LogP contribution >= 0.6 is 0 Å². The van der Waals surface area contributed by atoms with Gasteiger partial charge >= 0.3 is 0 Å². The number of hydrogen-bond donors (Lipinski definition) is 0. The van der Waals surface area contributed by atoms with Gasteiger partial charge in [0.2, 0.25) is 0 Å². The van der Waals surface area contributed by atoms with E-state index in [0.29, 0.717) is 0 Å². The number of hydrogen-bond acceptors (Lipinski definition) is 4. The SMILES string of the molecule is COc1ccccc1N1CCN(CCC(C)(C(=O)c2ccccc2)c2ccccc2)CC1. The van der Waals surface area contributed by atoms with Crippen LogP contribution in [0.15, 0.2) is 84.9 Å². The van der Waals surface area contributed by atoms with Gasteiger partial charge in [-0.3, -0.25) is 9.69 Å². The number of nitrogens with zero attached hydrogens (tertiary/aromatic N) is 2. The molecule has 0 bridgehead atoms. The van der Waals surface area contributed by atoms with Gasteiger partial charge in [0.15, 0.2) is 5.78 Å². The number of piperazine rings is 1. The van der Waals surface area contributed by atoms with Crippen molar-refractivity contribution in [1.82, 2.24) is 4.90 Å². The second-order valence-electron chi connectivity index (χ2n) is 8.64. The third-order valence-electron chi connectivity index (χ3n) is 6.67. The summed E-state index contributed by atoms with van der Waals surface area (Å²) in [5.74, 6) is 1.11. The Morgan fingerprint density at radius 1 is 0.844 bits per heavy atom. The first-order chi connectivity index (χ1) is 15.6. The smallest absolute Gasteiger partial charge is 0.173 e. The van der Waals surface area contributed by atoms with Crippen molar-refractivity contribution < 1.29 is 9.53 Å². The number of Topliss-reactive ketones (excluding diaryl/α,β-unsaturated/α-hetero) is 1. The van der Waals surface area contributed by atoms with Gasteiger partial charge in [0.25, 0.3) is 0 Å². The number of rotatable bonds is 8. The predicted octanol–water partition coefficient (Wildman–Crippen LogP) is 5.05. The molecule has 0 aliphatic carbocycles. The van der Waals surface area contributed by atoms with E-state index < -0.39 is 5.41 Å². The molecule has 4 nitrogen and oxygen atoms in total. The van der Waals surface area contributed by atoms with Gasteiger partial charge in [-0.1, -0.05) is 72.8 Å². The number of benzene rings is 3. The summed E-state index contributed by atoms with van der Waals surface area (Å²) in [6, 6.07) is 28.1. The molecule has 1 aliphatic rings. The fraction of sp³-hybridized carbons (Fsp3) is 0.321. The largest absolute Gasteiger partial charge is 0.495 e. The summed E-state index contributed by atoms with van der Waals surface area (Å²) in [6.07, 6.45) is 0.791. The van der Waals surface area contributed by atoms with Crippen LogP contribution in [0.25, 0.3) is 0 Å². The van der Waals surface area contributed by atoms with E-state index in [-0.39, 0.29) is 5.78 Å². The maximum atomic E-state index is 13.6. The van der Waals surface area contributed by atoms with Crippen molar-refractivity contribution in [3.8, 4) is 5.75 Å². The van der Waals surface area contributed by atoms with Crippen LogP contribution < -0.4 is 9.64 Å². The molecule has 0 saturated carbocycles. The predicted molar refractivity (Wildman–Crippen MR) is 131 cm³/mol. The molecule has 4 rings (SSSR count). The van der Waals surface area contributed by atoms with Crippen LogP contribution in [0.2, 0.25) is 0 Å². The van der Waals surface area contributed by atoms with E-state index in [4.69, 9.17) is 4.74 Å². The molecular weight excluding hydrogens is 396 g/mol. The van der Waals surface area contributed by atoms with Gasteiger partial charge < -0.3 is 9.64 Å². The summed E-state index contributed by atoms with van der Waals surface area (Å²) in [7, 11) is 1.73. The van der Waals surface area contributed by atoms with Gasteiger partial charge in [0, 0.05) is 31.7 Å². The number of anilines is 1. The number of para-hydroxylation sites is 2. The molecule has 1 heterocycles. The lowest BCUT2D eigenvalue weighted by atomic mass is 9.73. The van der Waals surface area contributed by atoms with Crippen LogP contribution in [-0.2, 0) is 5.41 Å². The van der Waals surface area contributed by atoms with E-state index >= 15 is 0 Å². The molecule has 1 aliphatic heterocycles. The lowest BCUT2D eigenvalue weighted by Crippen LogP contribution is -2.48. The molecule has 0 N–H and O–H groups in total. The minimum atomic E-state index is -0.553. The molecule has 0 spiro atoms. The molecule has 3 aromatic rings.